The number of rotatable bonds is 3. The summed E-state index contributed by atoms with van der Waals surface area (Å²) in [6.45, 7) is 11.2. The average molecular weight is 709 g/mol. The summed E-state index contributed by atoms with van der Waals surface area (Å²) in [4.78, 5) is 11.1. The van der Waals surface area contributed by atoms with E-state index in [0.717, 1.165) is 67.6 Å². The van der Waals surface area contributed by atoms with Crippen molar-refractivity contribution in [2.24, 2.45) is 29.1 Å². The maximum absolute atomic E-state index is 11.1. The second-order valence-electron chi connectivity index (χ2n) is 16.0. The number of aliphatic hydroxyl groups is 1. The zero-order chi connectivity index (χ0) is 37.0. The van der Waals surface area contributed by atoms with E-state index in [1.54, 1.807) is 24.3 Å². The van der Waals surface area contributed by atoms with Gasteiger partial charge in [0, 0.05) is 5.92 Å². The number of phenolic OH excluding ortho intramolecular Hbond substituents is 2. The van der Waals surface area contributed by atoms with Crippen molar-refractivity contribution in [1.82, 2.24) is 0 Å². The lowest BCUT2D eigenvalue weighted by atomic mass is 9.47. The van der Waals surface area contributed by atoms with Gasteiger partial charge in [0.15, 0.2) is 0 Å². The molecule has 6 atom stereocenters. The largest absolute Gasteiger partial charge is 0.508 e. The first-order valence-electron chi connectivity index (χ1n) is 20.1. The first-order valence-corrected chi connectivity index (χ1v) is 20.1. The Bertz CT molecular complexity index is 1820. The molecule has 0 radical (unpaired) electrons. The molecule has 7 aliphatic rings. The van der Waals surface area contributed by atoms with Crippen LogP contribution in [0.3, 0.4) is 0 Å². The normalized spacial score (nSPS) is 31.2. The van der Waals surface area contributed by atoms with E-state index >= 15 is 0 Å². The van der Waals surface area contributed by atoms with Gasteiger partial charge in [-0.15, -0.1) is 0 Å². The maximum atomic E-state index is 11.1. The highest BCUT2D eigenvalue weighted by Gasteiger charge is 2.57. The Kier molecular flexibility index (Phi) is 11.9. The molecule has 7 fully saturated rings. The Morgan fingerprint density at radius 1 is 0.750 bits per heavy atom. The van der Waals surface area contributed by atoms with Crippen LogP contribution in [0, 0.1) is 29.1 Å². The zero-order valence-corrected chi connectivity index (χ0v) is 31.9. The number of hydrogen-bond donors (Lipinski definition) is 3. The van der Waals surface area contributed by atoms with Crippen LogP contribution in [0.4, 0.5) is 0 Å². The van der Waals surface area contributed by atoms with Crippen LogP contribution in [-0.4, -0.2) is 45.7 Å². The minimum absolute atomic E-state index is 0.0257. The van der Waals surface area contributed by atoms with Crippen molar-refractivity contribution in [2.75, 3.05) is 6.61 Å². The third kappa shape index (κ3) is 8.14. The summed E-state index contributed by atoms with van der Waals surface area (Å²) in [5, 5.41) is 33.6. The van der Waals surface area contributed by atoms with Crippen molar-refractivity contribution < 1.29 is 29.6 Å². The van der Waals surface area contributed by atoms with Crippen LogP contribution in [0.5, 0.6) is 11.5 Å². The topological polar surface area (TPSA) is 96.2 Å². The van der Waals surface area contributed by atoms with E-state index in [1.165, 1.54) is 47.6 Å². The molecule has 0 aromatic heterocycles. The van der Waals surface area contributed by atoms with E-state index in [4.69, 9.17) is 9.47 Å². The number of hydrogen-bond acceptors (Lipinski definition) is 6. The Hall–Kier alpha value is -3.61. The fraction of sp³-hybridized carbons (Fsp3) is 0.543. The van der Waals surface area contributed by atoms with Gasteiger partial charge in [-0.2, -0.15) is 0 Å². The number of benzene rings is 4. The smallest absolute Gasteiger partial charge is 0.312 e. The van der Waals surface area contributed by atoms with Crippen molar-refractivity contribution in [3.8, 4) is 11.5 Å². The number of fused-ring (bicyclic) bond motifs is 7. The molecule has 3 heterocycles. The molecule has 52 heavy (non-hydrogen) atoms. The fourth-order valence-electron chi connectivity index (χ4n) is 10.6. The molecule has 4 aromatic rings. The highest BCUT2D eigenvalue weighted by molar-refractivity contribution is 5.87. The minimum atomic E-state index is -0.236. The van der Waals surface area contributed by atoms with Gasteiger partial charge in [0.1, 0.15) is 11.5 Å². The molecule has 0 spiro atoms. The summed E-state index contributed by atoms with van der Waals surface area (Å²) in [7, 11) is 0. The predicted octanol–water partition coefficient (Wildman–Crippen LogP) is 10.3. The minimum Gasteiger partial charge on any atom is -0.508 e. The number of ether oxygens (including phenoxy) is 2. The Morgan fingerprint density at radius 3 is 2.06 bits per heavy atom. The number of aryl methyl sites for hydroxylation is 2. The summed E-state index contributed by atoms with van der Waals surface area (Å²) in [5.74, 6) is 2.85. The molecule has 3 aliphatic heterocycles. The molecule has 280 valence electrons. The number of carbonyl (C=O) groups is 1. The lowest BCUT2D eigenvalue weighted by Gasteiger charge is -2.60. The molecule has 3 saturated heterocycles. The molecule has 6 nitrogen and oxygen atoms in total. The van der Waals surface area contributed by atoms with E-state index in [2.05, 4.69) is 39.0 Å². The van der Waals surface area contributed by atoms with E-state index in [0.29, 0.717) is 35.5 Å². The monoisotopic (exact) mass is 708 g/mol. The van der Waals surface area contributed by atoms with Gasteiger partial charge in [0.05, 0.1) is 30.3 Å². The molecule has 4 aliphatic carbocycles. The first-order chi connectivity index (χ1) is 25.1. The summed E-state index contributed by atoms with van der Waals surface area (Å²) in [5.41, 5.74) is 2.98. The number of esters is 1. The van der Waals surface area contributed by atoms with Crippen molar-refractivity contribution in [1.29, 1.82) is 0 Å². The number of phenols is 2. The third-order valence-electron chi connectivity index (χ3n) is 12.6. The Morgan fingerprint density at radius 2 is 1.40 bits per heavy atom. The Labute approximate surface area is 310 Å². The van der Waals surface area contributed by atoms with E-state index in [1.807, 2.05) is 44.2 Å². The van der Waals surface area contributed by atoms with Crippen molar-refractivity contribution in [3.05, 3.63) is 83.9 Å². The second kappa shape index (κ2) is 16.2. The molecule has 4 saturated carbocycles. The van der Waals surface area contributed by atoms with Crippen LogP contribution in [0.2, 0.25) is 0 Å². The SMILES string of the molecule is CC.CCC12CC3CC(CC(O)(C3)C1)C2.CCc1ccc2cc(O)ccc2c1.CCc1cccc2cc(O)ccc12.O=C1OCC2C3CCC(O3)C12. The summed E-state index contributed by atoms with van der Waals surface area (Å²) in [6, 6.07) is 23.5. The lowest BCUT2D eigenvalue weighted by Crippen LogP contribution is -2.55. The van der Waals surface area contributed by atoms with Crippen LogP contribution in [0.25, 0.3) is 21.5 Å². The standard InChI is InChI=1S/C12H20O.2C12H12O.C8H10O3.C2H6/c1-2-11-4-9-3-10(5-11)7-12(13,6-9)8-11;1-2-9-3-4-11-8-12(13)6-5-10(11)7-9;1-2-9-4-3-5-10-8-11(13)6-7-12(9)10;9-8-7-4(3-10-8)5-1-2-6(7)11-5;1-2/h9-10,13H,2-8H2,1H3;2*3-8,13H,2H2,1H3;4-7H,1-3H2;1-2H3. The molecule has 3 N–H and O–H groups in total. The van der Waals surface area contributed by atoms with Gasteiger partial charge >= 0.3 is 5.97 Å². The summed E-state index contributed by atoms with van der Waals surface area (Å²) in [6.07, 6.45) is 13.7. The maximum Gasteiger partial charge on any atom is 0.312 e. The molecule has 11 rings (SSSR count). The predicted molar refractivity (Wildman–Crippen MR) is 210 cm³/mol. The number of aromatic hydroxyl groups is 2. The van der Waals surface area contributed by atoms with Crippen LogP contribution in [-0.2, 0) is 27.1 Å². The zero-order valence-electron chi connectivity index (χ0n) is 31.9. The van der Waals surface area contributed by atoms with Gasteiger partial charge in [-0.25, -0.2) is 0 Å². The second-order valence-corrected chi connectivity index (χ2v) is 16.0. The van der Waals surface area contributed by atoms with Crippen LogP contribution >= 0.6 is 0 Å². The van der Waals surface area contributed by atoms with E-state index in [-0.39, 0.29) is 23.6 Å². The van der Waals surface area contributed by atoms with Gasteiger partial charge < -0.3 is 24.8 Å². The highest BCUT2D eigenvalue weighted by atomic mass is 16.6. The van der Waals surface area contributed by atoms with Crippen LogP contribution < -0.4 is 0 Å². The van der Waals surface area contributed by atoms with Crippen molar-refractivity contribution in [2.45, 2.75) is 123 Å². The molecular formula is C46H60O6. The summed E-state index contributed by atoms with van der Waals surface area (Å²) < 4.78 is 10.6. The molecule has 6 heteroatoms. The highest BCUT2D eigenvalue weighted by Crippen LogP contribution is 2.62. The molecule has 6 bridgehead atoms. The average Bonchev–Trinajstić information content (AvgIpc) is 3.87. The van der Waals surface area contributed by atoms with Gasteiger partial charge in [0.2, 0.25) is 0 Å². The fourth-order valence-corrected chi connectivity index (χ4v) is 10.6. The van der Waals surface area contributed by atoms with Crippen molar-refractivity contribution in [3.63, 3.8) is 0 Å². The van der Waals surface area contributed by atoms with Gasteiger partial charge in [-0.3, -0.25) is 4.79 Å². The molecule has 6 unspecified atom stereocenters. The van der Waals surface area contributed by atoms with E-state index < -0.39 is 0 Å². The molecular weight excluding hydrogens is 649 g/mol. The van der Waals surface area contributed by atoms with Gasteiger partial charge in [-0.1, -0.05) is 89.6 Å². The Balaban J connectivity index is 0.000000117. The van der Waals surface area contributed by atoms with Crippen LogP contribution in [0.1, 0.15) is 104 Å². The molecule has 4 aromatic carbocycles. The van der Waals surface area contributed by atoms with Gasteiger partial charge in [-0.05, 0) is 138 Å². The van der Waals surface area contributed by atoms with Crippen LogP contribution in [0.15, 0.2) is 72.8 Å². The quantitative estimate of drug-likeness (QED) is 0.183. The molecule has 0 amide bonds. The lowest BCUT2D eigenvalue weighted by molar-refractivity contribution is -0.164. The van der Waals surface area contributed by atoms with Gasteiger partial charge in [0.25, 0.3) is 0 Å². The third-order valence-corrected chi connectivity index (χ3v) is 12.6. The summed E-state index contributed by atoms with van der Waals surface area (Å²) >= 11 is 0. The number of carbonyl (C=O) groups excluding carboxylic acids is 1. The number of cyclic esters (lactones) is 1. The van der Waals surface area contributed by atoms with E-state index in [9.17, 15) is 20.1 Å². The van der Waals surface area contributed by atoms with Crippen molar-refractivity contribution >= 4 is 27.5 Å². The first kappa shape index (κ1) is 38.1.